The molecule has 0 radical (unpaired) electrons. The topological polar surface area (TPSA) is 74.6 Å². The minimum absolute atomic E-state index is 0.000370. The van der Waals surface area contributed by atoms with Gasteiger partial charge in [0.25, 0.3) is 0 Å². The molecular weight excluding hydrogens is 184 g/mol. The van der Waals surface area contributed by atoms with Gasteiger partial charge in [-0.3, -0.25) is 0 Å². The van der Waals surface area contributed by atoms with E-state index in [9.17, 15) is 9.59 Å². The number of aromatic carboxylic acids is 2. The molecule has 4 nitrogen and oxygen atoms in total. The number of hydrogen-bond donors (Lipinski definition) is 2. The average molecular weight is 194 g/mol. The van der Waals surface area contributed by atoms with Gasteiger partial charge in [-0.2, -0.15) is 0 Å². The molecule has 0 aliphatic carbocycles. The van der Waals surface area contributed by atoms with E-state index in [1.165, 1.54) is 18.2 Å². The fraction of sp³-hybridized carbons (Fsp3) is 0.200. The molecule has 0 amide bonds. The minimum Gasteiger partial charge on any atom is -0.478 e. The molecular formula is C10H10O4. The van der Waals surface area contributed by atoms with E-state index in [2.05, 4.69) is 0 Å². The van der Waals surface area contributed by atoms with Crippen LogP contribution in [0.3, 0.4) is 0 Å². The van der Waals surface area contributed by atoms with Crippen LogP contribution in [0.4, 0.5) is 0 Å². The normalized spacial score (nSPS) is 9.79. The lowest BCUT2D eigenvalue weighted by Gasteiger charge is -2.03. The molecule has 0 saturated heterocycles. The molecule has 1 aromatic rings. The van der Waals surface area contributed by atoms with E-state index in [0.717, 1.165) is 0 Å². The quantitative estimate of drug-likeness (QED) is 0.767. The summed E-state index contributed by atoms with van der Waals surface area (Å²) in [7, 11) is 0. The van der Waals surface area contributed by atoms with Gasteiger partial charge in [0.05, 0.1) is 11.1 Å². The average Bonchev–Trinajstić information content (AvgIpc) is 2.16. The number of hydrogen-bond acceptors (Lipinski definition) is 2. The first-order valence-electron chi connectivity index (χ1n) is 4.15. The van der Waals surface area contributed by atoms with E-state index < -0.39 is 11.9 Å². The smallest absolute Gasteiger partial charge is 0.335 e. The van der Waals surface area contributed by atoms with E-state index in [4.69, 9.17) is 10.2 Å². The molecule has 0 bridgehead atoms. The molecule has 0 heterocycles. The Morgan fingerprint density at radius 2 is 1.86 bits per heavy atom. The highest BCUT2D eigenvalue weighted by molar-refractivity contribution is 5.94. The number of rotatable bonds is 3. The third-order valence-corrected chi connectivity index (χ3v) is 1.97. The highest BCUT2D eigenvalue weighted by Crippen LogP contribution is 2.13. The molecule has 4 heteroatoms. The van der Waals surface area contributed by atoms with Gasteiger partial charge in [-0.1, -0.05) is 13.0 Å². The Morgan fingerprint density at radius 3 is 2.29 bits per heavy atom. The van der Waals surface area contributed by atoms with Gasteiger partial charge in [-0.05, 0) is 24.1 Å². The van der Waals surface area contributed by atoms with E-state index in [-0.39, 0.29) is 11.1 Å². The predicted molar refractivity (Wildman–Crippen MR) is 49.7 cm³/mol. The first-order chi connectivity index (χ1) is 6.56. The molecule has 0 unspecified atom stereocenters. The Morgan fingerprint density at radius 1 is 1.21 bits per heavy atom. The van der Waals surface area contributed by atoms with Crippen molar-refractivity contribution in [2.75, 3.05) is 0 Å². The van der Waals surface area contributed by atoms with Crippen LogP contribution < -0.4 is 0 Å². The maximum absolute atomic E-state index is 10.8. The van der Waals surface area contributed by atoms with E-state index >= 15 is 0 Å². The number of aryl methyl sites for hydroxylation is 1. The lowest BCUT2D eigenvalue weighted by molar-refractivity contribution is 0.0695. The summed E-state index contributed by atoms with van der Waals surface area (Å²) in [5, 5.41) is 17.5. The summed E-state index contributed by atoms with van der Waals surface area (Å²) in [4.78, 5) is 21.3. The van der Waals surface area contributed by atoms with Crippen LogP contribution in [0.25, 0.3) is 0 Å². The van der Waals surface area contributed by atoms with Gasteiger partial charge < -0.3 is 10.2 Å². The molecule has 14 heavy (non-hydrogen) atoms. The fourth-order valence-corrected chi connectivity index (χ4v) is 1.22. The van der Waals surface area contributed by atoms with Crippen molar-refractivity contribution in [2.45, 2.75) is 13.3 Å². The van der Waals surface area contributed by atoms with Gasteiger partial charge >= 0.3 is 11.9 Å². The molecule has 0 saturated carbocycles. The largest absolute Gasteiger partial charge is 0.478 e. The predicted octanol–water partition coefficient (Wildman–Crippen LogP) is 1.65. The Bertz CT molecular complexity index is 382. The van der Waals surface area contributed by atoms with Crippen molar-refractivity contribution in [2.24, 2.45) is 0 Å². The molecule has 1 rings (SSSR count). The zero-order valence-electron chi connectivity index (χ0n) is 7.65. The van der Waals surface area contributed by atoms with Crippen LogP contribution in [-0.2, 0) is 6.42 Å². The number of carboxylic acids is 2. The molecule has 0 aliphatic rings. The van der Waals surface area contributed by atoms with Crippen molar-refractivity contribution in [3.8, 4) is 0 Å². The summed E-state index contributed by atoms with van der Waals surface area (Å²) in [6.07, 6.45) is 0.571. The third kappa shape index (κ3) is 1.90. The summed E-state index contributed by atoms with van der Waals surface area (Å²) in [6, 6.07) is 4.13. The van der Waals surface area contributed by atoms with E-state index in [0.29, 0.717) is 12.0 Å². The Balaban J connectivity index is 3.27. The standard InChI is InChI=1S/C10H10O4/c1-2-6-3-4-7(9(11)12)5-8(6)10(13)14/h3-5H,2H2,1H3,(H,11,12)(H,13,14). The molecule has 0 aromatic heterocycles. The summed E-state index contributed by atoms with van der Waals surface area (Å²) >= 11 is 0. The Hall–Kier alpha value is -1.84. The Kier molecular flexibility index (Phi) is 2.86. The zero-order chi connectivity index (χ0) is 10.7. The third-order valence-electron chi connectivity index (χ3n) is 1.97. The Labute approximate surface area is 80.8 Å². The second-order valence-electron chi connectivity index (χ2n) is 2.84. The molecule has 0 spiro atoms. The highest BCUT2D eigenvalue weighted by Gasteiger charge is 2.12. The van der Waals surface area contributed by atoms with Crippen LogP contribution in [0.1, 0.15) is 33.2 Å². The van der Waals surface area contributed by atoms with Gasteiger partial charge in [0.15, 0.2) is 0 Å². The van der Waals surface area contributed by atoms with E-state index in [1.54, 1.807) is 0 Å². The number of benzene rings is 1. The molecule has 1 aromatic carbocycles. The van der Waals surface area contributed by atoms with Crippen LogP contribution in [0, 0.1) is 0 Å². The van der Waals surface area contributed by atoms with Gasteiger partial charge in [-0.25, -0.2) is 9.59 Å². The van der Waals surface area contributed by atoms with Crippen molar-refractivity contribution in [1.29, 1.82) is 0 Å². The van der Waals surface area contributed by atoms with Gasteiger partial charge in [-0.15, -0.1) is 0 Å². The van der Waals surface area contributed by atoms with Crippen molar-refractivity contribution in [3.63, 3.8) is 0 Å². The minimum atomic E-state index is -1.12. The molecule has 0 aliphatic heterocycles. The van der Waals surface area contributed by atoms with Gasteiger partial charge in [0, 0.05) is 0 Å². The molecule has 0 fully saturated rings. The van der Waals surface area contributed by atoms with Crippen molar-refractivity contribution in [1.82, 2.24) is 0 Å². The summed E-state index contributed by atoms with van der Waals surface area (Å²) in [5.41, 5.74) is 0.703. The van der Waals surface area contributed by atoms with Crippen molar-refractivity contribution < 1.29 is 19.8 Å². The van der Waals surface area contributed by atoms with E-state index in [1.807, 2.05) is 6.92 Å². The number of carboxylic acid groups (broad SMARTS) is 2. The molecule has 2 N–H and O–H groups in total. The summed E-state index contributed by atoms with van der Waals surface area (Å²) < 4.78 is 0. The maximum Gasteiger partial charge on any atom is 0.335 e. The van der Waals surface area contributed by atoms with Gasteiger partial charge in [0.1, 0.15) is 0 Å². The fourth-order valence-electron chi connectivity index (χ4n) is 1.22. The first kappa shape index (κ1) is 10.2. The van der Waals surface area contributed by atoms with Crippen LogP contribution in [-0.4, -0.2) is 22.2 Å². The monoisotopic (exact) mass is 194 g/mol. The highest BCUT2D eigenvalue weighted by atomic mass is 16.4. The van der Waals surface area contributed by atoms with Crippen LogP contribution in [0.15, 0.2) is 18.2 Å². The summed E-state index contributed by atoms with van der Waals surface area (Å²) in [5.74, 6) is -2.21. The second kappa shape index (κ2) is 3.91. The summed E-state index contributed by atoms with van der Waals surface area (Å²) in [6.45, 7) is 1.82. The SMILES string of the molecule is CCc1ccc(C(=O)O)cc1C(=O)O. The van der Waals surface area contributed by atoms with Gasteiger partial charge in [0.2, 0.25) is 0 Å². The van der Waals surface area contributed by atoms with Crippen molar-refractivity contribution >= 4 is 11.9 Å². The van der Waals surface area contributed by atoms with Crippen LogP contribution in [0.5, 0.6) is 0 Å². The zero-order valence-corrected chi connectivity index (χ0v) is 7.65. The van der Waals surface area contributed by atoms with Crippen molar-refractivity contribution in [3.05, 3.63) is 34.9 Å². The van der Waals surface area contributed by atoms with Crippen LogP contribution >= 0.6 is 0 Å². The number of carbonyl (C=O) groups is 2. The first-order valence-corrected chi connectivity index (χ1v) is 4.15. The van der Waals surface area contributed by atoms with Crippen LogP contribution in [0.2, 0.25) is 0 Å². The lowest BCUT2D eigenvalue weighted by Crippen LogP contribution is -2.05. The second-order valence-corrected chi connectivity index (χ2v) is 2.84. The lowest BCUT2D eigenvalue weighted by atomic mass is 10.0. The molecule has 0 atom stereocenters. The maximum atomic E-state index is 10.8. The molecule has 74 valence electrons.